The summed E-state index contributed by atoms with van der Waals surface area (Å²) < 4.78 is 5.19. The van der Waals surface area contributed by atoms with Crippen LogP contribution < -0.4 is 5.32 Å². The van der Waals surface area contributed by atoms with Crippen LogP contribution in [0.1, 0.15) is 25.7 Å². The Hall–Kier alpha value is -1.83. The minimum Gasteiger partial charge on any atom is -0.481 e. The van der Waals surface area contributed by atoms with Crippen molar-refractivity contribution in [2.45, 2.75) is 37.8 Å². The van der Waals surface area contributed by atoms with E-state index in [0.29, 0.717) is 13.1 Å². The molecular weight excluding hydrogens is 268 g/mol. The SMILES string of the molecule is COC1CCCN(C(=O)NC(CCC(=O)O)C(=O)O)C1. The molecule has 0 saturated carbocycles. The van der Waals surface area contributed by atoms with E-state index >= 15 is 0 Å². The monoisotopic (exact) mass is 288 g/mol. The van der Waals surface area contributed by atoms with Crippen molar-refractivity contribution in [1.29, 1.82) is 0 Å². The van der Waals surface area contributed by atoms with E-state index in [2.05, 4.69) is 5.32 Å². The summed E-state index contributed by atoms with van der Waals surface area (Å²) in [6.45, 7) is 0.949. The van der Waals surface area contributed by atoms with Gasteiger partial charge in [0.1, 0.15) is 6.04 Å². The number of methoxy groups -OCH3 is 1. The van der Waals surface area contributed by atoms with Crippen LogP contribution in [-0.2, 0) is 14.3 Å². The predicted molar refractivity (Wildman–Crippen MR) is 68.4 cm³/mol. The molecule has 0 aliphatic carbocycles. The van der Waals surface area contributed by atoms with Gasteiger partial charge in [-0.15, -0.1) is 0 Å². The van der Waals surface area contributed by atoms with Crippen LogP contribution in [0.15, 0.2) is 0 Å². The maximum absolute atomic E-state index is 12.0. The molecule has 1 saturated heterocycles. The van der Waals surface area contributed by atoms with Crippen molar-refractivity contribution in [3.05, 3.63) is 0 Å². The Morgan fingerprint density at radius 1 is 1.40 bits per heavy atom. The first-order valence-corrected chi connectivity index (χ1v) is 6.47. The van der Waals surface area contributed by atoms with E-state index in [1.54, 1.807) is 7.11 Å². The number of aliphatic carboxylic acids is 2. The summed E-state index contributed by atoms with van der Waals surface area (Å²) in [5.41, 5.74) is 0. The van der Waals surface area contributed by atoms with Gasteiger partial charge in [0.2, 0.25) is 0 Å². The molecule has 20 heavy (non-hydrogen) atoms. The van der Waals surface area contributed by atoms with E-state index < -0.39 is 24.0 Å². The van der Waals surface area contributed by atoms with Gasteiger partial charge in [-0.05, 0) is 19.3 Å². The van der Waals surface area contributed by atoms with Crippen molar-refractivity contribution in [2.75, 3.05) is 20.2 Å². The summed E-state index contributed by atoms with van der Waals surface area (Å²) in [4.78, 5) is 34.9. The van der Waals surface area contributed by atoms with Crippen LogP contribution in [-0.4, -0.2) is 65.4 Å². The number of carboxylic acid groups (broad SMARTS) is 2. The van der Waals surface area contributed by atoms with Crippen molar-refractivity contribution in [3.8, 4) is 0 Å². The van der Waals surface area contributed by atoms with Gasteiger partial charge in [-0.3, -0.25) is 4.79 Å². The highest BCUT2D eigenvalue weighted by molar-refractivity contribution is 5.83. The molecule has 1 heterocycles. The molecule has 0 radical (unpaired) electrons. The van der Waals surface area contributed by atoms with Crippen molar-refractivity contribution >= 4 is 18.0 Å². The third kappa shape index (κ3) is 5.04. The van der Waals surface area contributed by atoms with Crippen molar-refractivity contribution in [2.24, 2.45) is 0 Å². The molecule has 0 aromatic rings. The number of hydrogen-bond acceptors (Lipinski definition) is 4. The average molecular weight is 288 g/mol. The minimum absolute atomic E-state index is 0.0446. The third-order valence-corrected chi connectivity index (χ3v) is 3.24. The third-order valence-electron chi connectivity index (χ3n) is 3.24. The first kappa shape index (κ1) is 16.2. The molecule has 1 rings (SSSR count). The Morgan fingerprint density at radius 3 is 2.65 bits per heavy atom. The zero-order chi connectivity index (χ0) is 15.1. The first-order valence-electron chi connectivity index (χ1n) is 6.47. The standard InChI is InChI=1S/C12H20N2O6/c1-20-8-3-2-6-14(7-8)12(19)13-9(11(17)18)4-5-10(15)16/h8-9H,2-7H2,1H3,(H,13,19)(H,15,16)(H,17,18). The van der Waals surface area contributed by atoms with Gasteiger partial charge >= 0.3 is 18.0 Å². The number of nitrogens with one attached hydrogen (secondary N) is 1. The zero-order valence-corrected chi connectivity index (χ0v) is 11.4. The maximum Gasteiger partial charge on any atom is 0.326 e. The van der Waals surface area contributed by atoms with Gasteiger partial charge in [-0.2, -0.15) is 0 Å². The molecule has 2 atom stereocenters. The second-order valence-corrected chi connectivity index (χ2v) is 4.72. The van der Waals surface area contributed by atoms with Crippen LogP contribution in [0.4, 0.5) is 4.79 Å². The number of hydrogen-bond donors (Lipinski definition) is 3. The molecule has 1 fully saturated rings. The number of piperidine rings is 1. The van der Waals surface area contributed by atoms with E-state index in [4.69, 9.17) is 14.9 Å². The Morgan fingerprint density at radius 2 is 2.10 bits per heavy atom. The number of nitrogens with zero attached hydrogens (tertiary/aromatic N) is 1. The van der Waals surface area contributed by atoms with Crippen molar-refractivity contribution in [1.82, 2.24) is 10.2 Å². The number of likely N-dealkylation sites (tertiary alicyclic amines) is 1. The van der Waals surface area contributed by atoms with E-state index in [-0.39, 0.29) is 18.9 Å². The van der Waals surface area contributed by atoms with Gasteiger partial charge in [-0.25, -0.2) is 9.59 Å². The van der Waals surface area contributed by atoms with Crippen LogP contribution in [0, 0.1) is 0 Å². The number of carbonyl (C=O) groups is 3. The van der Waals surface area contributed by atoms with E-state index in [1.807, 2.05) is 0 Å². The molecular formula is C12H20N2O6. The highest BCUT2D eigenvalue weighted by Gasteiger charge is 2.27. The lowest BCUT2D eigenvalue weighted by atomic mass is 10.1. The molecule has 8 heteroatoms. The Kier molecular flexibility index (Phi) is 6.23. The zero-order valence-electron chi connectivity index (χ0n) is 11.4. The number of amides is 2. The normalized spacial score (nSPS) is 20.2. The fraction of sp³-hybridized carbons (Fsp3) is 0.750. The molecule has 0 aromatic carbocycles. The Labute approximate surface area is 116 Å². The second kappa shape index (κ2) is 7.68. The highest BCUT2D eigenvalue weighted by Crippen LogP contribution is 2.12. The van der Waals surface area contributed by atoms with Gasteiger partial charge in [0.25, 0.3) is 0 Å². The van der Waals surface area contributed by atoms with Crippen LogP contribution in [0.2, 0.25) is 0 Å². The van der Waals surface area contributed by atoms with Crippen LogP contribution in [0.3, 0.4) is 0 Å². The number of rotatable bonds is 6. The summed E-state index contributed by atoms with van der Waals surface area (Å²) in [6.07, 6.45) is 1.16. The van der Waals surface area contributed by atoms with Crippen molar-refractivity contribution < 1.29 is 29.3 Å². The lowest BCUT2D eigenvalue weighted by molar-refractivity contribution is -0.140. The number of carboxylic acids is 2. The largest absolute Gasteiger partial charge is 0.481 e. The minimum atomic E-state index is -1.24. The quantitative estimate of drug-likeness (QED) is 0.639. The summed E-state index contributed by atoms with van der Waals surface area (Å²) in [5, 5.41) is 19.9. The maximum atomic E-state index is 12.0. The average Bonchev–Trinajstić information content (AvgIpc) is 2.42. The van der Waals surface area contributed by atoms with Crippen LogP contribution in [0.25, 0.3) is 0 Å². The molecule has 0 spiro atoms. The summed E-state index contributed by atoms with van der Waals surface area (Å²) >= 11 is 0. The van der Waals surface area contributed by atoms with Crippen molar-refractivity contribution in [3.63, 3.8) is 0 Å². The van der Waals surface area contributed by atoms with Crippen LogP contribution >= 0.6 is 0 Å². The number of carbonyl (C=O) groups excluding carboxylic acids is 1. The lowest BCUT2D eigenvalue weighted by Crippen LogP contribution is -2.52. The lowest BCUT2D eigenvalue weighted by Gasteiger charge is -2.32. The highest BCUT2D eigenvalue weighted by atomic mass is 16.5. The summed E-state index contributed by atoms with van der Waals surface area (Å²) in [7, 11) is 1.57. The molecule has 114 valence electrons. The Balaban J connectivity index is 2.52. The van der Waals surface area contributed by atoms with E-state index in [1.165, 1.54) is 4.90 Å². The molecule has 2 amide bonds. The molecule has 0 aromatic heterocycles. The summed E-state index contributed by atoms with van der Waals surface area (Å²) in [6, 6.07) is -1.69. The fourth-order valence-corrected chi connectivity index (χ4v) is 2.08. The van der Waals surface area contributed by atoms with Gasteiger partial charge in [-0.1, -0.05) is 0 Å². The molecule has 2 unspecified atom stereocenters. The van der Waals surface area contributed by atoms with Gasteiger partial charge in [0.05, 0.1) is 6.10 Å². The topological polar surface area (TPSA) is 116 Å². The van der Waals surface area contributed by atoms with Gasteiger partial charge < -0.3 is 25.2 Å². The Bertz CT molecular complexity index is 373. The van der Waals surface area contributed by atoms with Gasteiger partial charge in [0.15, 0.2) is 0 Å². The molecule has 1 aliphatic rings. The van der Waals surface area contributed by atoms with E-state index in [0.717, 1.165) is 12.8 Å². The number of urea groups is 1. The summed E-state index contributed by atoms with van der Waals surface area (Å²) in [5.74, 6) is -2.33. The first-order chi connectivity index (χ1) is 9.43. The van der Waals surface area contributed by atoms with E-state index in [9.17, 15) is 14.4 Å². The number of ether oxygens (including phenoxy) is 1. The predicted octanol–water partition coefficient (Wildman–Crippen LogP) is 0.125. The van der Waals surface area contributed by atoms with Crippen LogP contribution in [0.5, 0.6) is 0 Å². The molecule has 8 nitrogen and oxygen atoms in total. The molecule has 3 N–H and O–H groups in total. The second-order valence-electron chi connectivity index (χ2n) is 4.72. The smallest absolute Gasteiger partial charge is 0.326 e. The molecule has 0 bridgehead atoms. The molecule has 1 aliphatic heterocycles. The fourth-order valence-electron chi connectivity index (χ4n) is 2.08. The van der Waals surface area contributed by atoms with Gasteiger partial charge in [0, 0.05) is 26.6 Å².